The normalized spacial score (nSPS) is 22.2. The molecule has 116 valence electrons. The van der Waals surface area contributed by atoms with Gasteiger partial charge >= 0.3 is 0 Å². The average molecular weight is 311 g/mol. The Morgan fingerprint density at radius 3 is 2.71 bits per heavy atom. The predicted molar refractivity (Wildman–Crippen MR) is 79.8 cm³/mol. The quantitative estimate of drug-likeness (QED) is 0.856. The third kappa shape index (κ3) is 4.04. The molecular formula is C15H21NO4S. The molecule has 2 rings (SSSR count). The van der Waals surface area contributed by atoms with Gasteiger partial charge in [-0.25, -0.2) is 8.42 Å². The lowest BCUT2D eigenvalue weighted by molar-refractivity contribution is 0.0937. The van der Waals surface area contributed by atoms with E-state index in [0.29, 0.717) is 18.0 Å². The first kappa shape index (κ1) is 16.0. The molecule has 0 aliphatic heterocycles. The van der Waals surface area contributed by atoms with Crippen LogP contribution in [0.3, 0.4) is 0 Å². The Kier molecular flexibility index (Phi) is 5.00. The molecule has 2 atom stereocenters. The van der Waals surface area contributed by atoms with Gasteiger partial charge in [-0.05, 0) is 42.9 Å². The maximum atomic E-state index is 12.1. The summed E-state index contributed by atoms with van der Waals surface area (Å²) in [6.07, 6.45) is 4.21. The molecule has 2 unspecified atom stereocenters. The molecule has 1 saturated carbocycles. The summed E-state index contributed by atoms with van der Waals surface area (Å²) in [6.45, 7) is 0.678. The van der Waals surface area contributed by atoms with Crippen molar-refractivity contribution in [3.8, 4) is 0 Å². The van der Waals surface area contributed by atoms with Crippen LogP contribution in [0.25, 0.3) is 0 Å². The van der Waals surface area contributed by atoms with Crippen LogP contribution in [0.2, 0.25) is 0 Å². The lowest BCUT2D eigenvalue weighted by Crippen LogP contribution is -2.31. The Balaban J connectivity index is 2.01. The van der Waals surface area contributed by atoms with Gasteiger partial charge in [0, 0.05) is 25.0 Å². The van der Waals surface area contributed by atoms with E-state index in [1.807, 2.05) is 0 Å². The lowest BCUT2D eigenvalue weighted by Gasteiger charge is -2.17. The van der Waals surface area contributed by atoms with Crippen molar-refractivity contribution in [2.24, 2.45) is 11.8 Å². The van der Waals surface area contributed by atoms with Gasteiger partial charge in [0.2, 0.25) is 0 Å². The lowest BCUT2D eigenvalue weighted by atomic mass is 9.97. The van der Waals surface area contributed by atoms with Crippen LogP contribution in [0.4, 0.5) is 0 Å². The van der Waals surface area contributed by atoms with Crippen molar-refractivity contribution in [1.82, 2.24) is 5.32 Å². The summed E-state index contributed by atoms with van der Waals surface area (Å²) >= 11 is 0. The Bertz CT molecular complexity index is 612. The van der Waals surface area contributed by atoms with Gasteiger partial charge in [0.25, 0.3) is 5.91 Å². The molecule has 1 fully saturated rings. The van der Waals surface area contributed by atoms with Crippen LogP contribution < -0.4 is 5.32 Å². The molecular weight excluding hydrogens is 290 g/mol. The van der Waals surface area contributed by atoms with E-state index in [2.05, 4.69) is 5.32 Å². The minimum atomic E-state index is -3.32. The molecule has 0 saturated heterocycles. The van der Waals surface area contributed by atoms with Gasteiger partial charge in [-0.1, -0.05) is 12.5 Å². The number of aliphatic hydroxyl groups excluding tert-OH is 1. The van der Waals surface area contributed by atoms with Gasteiger partial charge in [0.15, 0.2) is 9.84 Å². The van der Waals surface area contributed by atoms with E-state index in [0.717, 1.165) is 25.5 Å². The van der Waals surface area contributed by atoms with Crippen LogP contribution in [-0.2, 0) is 9.84 Å². The molecule has 1 amide bonds. The highest BCUT2D eigenvalue weighted by atomic mass is 32.2. The Labute approximate surface area is 125 Å². The smallest absolute Gasteiger partial charge is 0.251 e. The molecule has 0 spiro atoms. The van der Waals surface area contributed by atoms with E-state index in [4.69, 9.17) is 0 Å². The summed E-state index contributed by atoms with van der Waals surface area (Å²) in [7, 11) is -3.32. The molecule has 0 radical (unpaired) electrons. The number of benzene rings is 1. The second-order valence-electron chi connectivity index (χ2n) is 5.64. The van der Waals surface area contributed by atoms with E-state index < -0.39 is 9.84 Å². The zero-order chi connectivity index (χ0) is 15.5. The molecule has 1 aromatic rings. The van der Waals surface area contributed by atoms with Crippen LogP contribution in [0.5, 0.6) is 0 Å². The number of aliphatic hydroxyl groups is 1. The second-order valence-corrected chi connectivity index (χ2v) is 7.66. The topological polar surface area (TPSA) is 83.5 Å². The van der Waals surface area contributed by atoms with Crippen molar-refractivity contribution >= 4 is 15.7 Å². The highest BCUT2D eigenvalue weighted by Crippen LogP contribution is 2.30. The van der Waals surface area contributed by atoms with Crippen molar-refractivity contribution in [3.63, 3.8) is 0 Å². The molecule has 0 bridgehead atoms. The molecule has 6 heteroatoms. The van der Waals surface area contributed by atoms with Crippen molar-refractivity contribution in [2.75, 3.05) is 19.4 Å². The van der Waals surface area contributed by atoms with Crippen LogP contribution in [0.15, 0.2) is 29.2 Å². The Morgan fingerprint density at radius 2 is 2.05 bits per heavy atom. The van der Waals surface area contributed by atoms with Gasteiger partial charge in [0.05, 0.1) is 4.90 Å². The highest BCUT2D eigenvalue weighted by Gasteiger charge is 2.26. The maximum absolute atomic E-state index is 12.1. The van der Waals surface area contributed by atoms with Crippen LogP contribution >= 0.6 is 0 Å². The highest BCUT2D eigenvalue weighted by molar-refractivity contribution is 7.90. The molecule has 1 aliphatic carbocycles. The van der Waals surface area contributed by atoms with Gasteiger partial charge in [-0.3, -0.25) is 4.79 Å². The van der Waals surface area contributed by atoms with Gasteiger partial charge in [-0.2, -0.15) is 0 Å². The molecule has 21 heavy (non-hydrogen) atoms. The zero-order valence-corrected chi connectivity index (χ0v) is 12.9. The van der Waals surface area contributed by atoms with Crippen molar-refractivity contribution in [3.05, 3.63) is 29.8 Å². The number of carbonyl (C=O) groups excluding carboxylic acids is 1. The molecule has 0 heterocycles. The largest absolute Gasteiger partial charge is 0.396 e. The number of hydrogen-bond acceptors (Lipinski definition) is 4. The second kappa shape index (κ2) is 6.58. The van der Waals surface area contributed by atoms with Crippen LogP contribution in [0.1, 0.15) is 29.6 Å². The molecule has 5 nitrogen and oxygen atoms in total. The third-order valence-corrected chi connectivity index (χ3v) is 5.21. The Hall–Kier alpha value is -1.40. The summed E-state index contributed by atoms with van der Waals surface area (Å²) < 4.78 is 23.0. The first-order valence-corrected chi connectivity index (χ1v) is 9.00. The molecule has 1 aromatic carbocycles. The SMILES string of the molecule is CS(=O)(=O)c1cccc(C(=O)NCC2CCCC2CO)c1. The van der Waals surface area contributed by atoms with Crippen LogP contribution in [-0.4, -0.2) is 38.8 Å². The molecule has 2 N–H and O–H groups in total. The fraction of sp³-hybridized carbons (Fsp3) is 0.533. The number of sulfone groups is 1. The van der Waals surface area contributed by atoms with Crippen LogP contribution in [0, 0.1) is 11.8 Å². The van der Waals surface area contributed by atoms with E-state index in [9.17, 15) is 18.3 Å². The number of rotatable bonds is 5. The van der Waals surface area contributed by atoms with Crippen molar-refractivity contribution < 1.29 is 18.3 Å². The standard InChI is InChI=1S/C15H21NO4S/c1-21(19,20)14-7-3-4-11(8-14)15(18)16-9-12-5-2-6-13(12)10-17/h3-4,7-8,12-13,17H,2,5-6,9-10H2,1H3,(H,16,18). The third-order valence-electron chi connectivity index (χ3n) is 4.10. The summed E-state index contributed by atoms with van der Waals surface area (Å²) in [5.74, 6) is 0.286. The van der Waals surface area contributed by atoms with Gasteiger partial charge < -0.3 is 10.4 Å². The van der Waals surface area contributed by atoms with E-state index in [1.165, 1.54) is 12.1 Å². The predicted octanol–water partition coefficient (Wildman–Crippen LogP) is 1.23. The summed E-state index contributed by atoms with van der Waals surface area (Å²) in [5, 5.41) is 12.1. The van der Waals surface area contributed by atoms with Crippen molar-refractivity contribution in [1.29, 1.82) is 0 Å². The van der Waals surface area contributed by atoms with Gasteiger partial charge in [0.1, 0.15) is 0 Å². The van der Waals surface area contributed by atoms with E-state index in [1.54, 1.807) is 12.1 Å². The fourth-order valence-corrected chi connectivity index (χ4v) is 3.48. The molecule has 1 aliphatic rings. The summed E-state index contributed by atoms with van der Waals surface area (Å²) in [6, 6.07) is 6.04. The number of amides is 1. The van der Waals surface area contributed by atoms with Crippen molar-refractivity contribution in [2.45, 2.75) is 24.2 Å². The summed E-state index contributed by atoms with van der Waals surface area (Å²) in [4.78, 5) is 12.2. The monoisotopic (exact) mass is 311 g/mol. The summed E-state index contributed by atoms with van der Waals surface area (Å²) in [5.41, 5.74) is 0.344. The first-order chi connectivity index (χ1) is 9.91. The number of hydrogen-bond donors (Lipinski definition) is 2. The van der Waals surface area contributed by atoms with E-state index in [-0.39, 0.29) is 23.3 Å². The maximum Gasteiger partial charge on any atom is 0.251 e. The Morgan fingerprint density at radius 1 is 1.33 bits per heavy atom. The fourth-order valence-electron chi connectivity index (χ4n) is 2.82. The number of nitrogens with one attached hydrogen (secondary N) is 1. The zero-order valence-electron chi connectivity index (χ0n) is 12.1. The first-order valence-electron chi connectivity index (χ1n) is 7.11. The number of carbonyl (C=O) groups is 1. The minimum Gasteiger partial charge on any atom is -0.396 e. The van der Waals surface area contributed by atoms with E-state index >= 15 is 0 Å². The van der Waals surface area contributed by atoms with Gasteiger partial charge in [-0.15, -0.1) is 0 Å². The average Bonchev–Trinajstić information content (AvgIpc) is 2.91. The molecule has 0 aromatic heterocycles. The minimum absolute atomic E-state index is 0.143.